The van der Waals surface area contributed by atoms with Crippen molar-refractivity contribution < 1.29 is 27.6 Å². The predicted octanol–water partition coefficient (Wildman–Crippen LogP) is 3.32. The maximum atomic E-state index is 14.0. The third-order valence-electron chi connectivity index (χ3n) is 3.98. The van der Waals surface area contributed by atoms with E-state index in [1.165, 1.54) is 19.3 Å². The molecule has 1 atom stereocenters. The Morgan fingerprint density at radius 1 is 1.00 bits per heavy atom. The SMILES string of the molecule is Cn1cc(-c2cc(CS(C)=O)ccc2Oc2ccc(F)cc2F)cc(F)c1=O.O. The molecule has 3 rings (SSSR count). The van der Waals surface area contributed by atoms with Gasteiger partial charge < -0.3 is 14.8 Å². The van der Waals surface area contributed by atoms with E-state index >= 15 is 0 Å². The average Bonchev–Trinajstić information content (AvgIpc) is 2.62. The van der Waals surface area contributed by atoms with Crippen LogP contribution in [0.2, 0.25) is 0 Å². The minimum absolute atomic E-state index is 0. The zero-order chi connectivity index (χ0) is 20.4. The molecular weight excluding hydrogens is 407 g/mol. The van der Waals surface area contributed by atoms with Crippen LogP contribution in [-0.2, 0) is 23.6 Å². The molecule has 0 saturated carbocycles. The fourth-order valence-electron chi connectivity index (χ4n) is 2.71. The molecule has 0 aliphatic heterocycles. The van der Waals surface area contributed by atoms with Crippen LogP contribution in [-0.4, -0.2) is 20.5 Å². The van der Waals surface area contributed by atoms with Crippen LogP contribution in [0.15, 0.2) is 53.5 Å². The lowest BCUT2D eigenvalue weighted by Crippen LogP contribution is -2.19. The number of hydrogen-bond donors (Lipinski definition) is 0. The standard InChI is InChI=1S/C20H16F3NO3S.H2O/c1-24-10-13(8-17(23)20(24)25)15-7-12(11-28(2)26)3-5-18(15)27-19-6-4-14(21)9-16(19)22;/h3-10H,11H2,1-2H3;1H2. The summed E-state index contributed by atoms with van der Waals surface area (Å²) in [5.74, 6) is -2.37. The summed E-state index contributed by atoms with van der Waals surface area (Å²) in [6, 6.07) is 8.76. The van der Waals surface area contributed by atoms with Crippen LogP contribution in [0.4, 0.5) is 13.2 Å². The van der Waals surface area contributed by atoms with Gasteiger partial charge in [0, 0.05) is 53.2 Å². The fourth-order valence-corrected chi connectivity index (χ4v) is 3.36. The molecule has 1 unspecified atom stereocenters. The molecule has 2 aromatic carbocycles. The number of benzene rings is 2. The van der Waals surface area contributed by atoms with Gasteiger partial charge in [0.2, 0.25) is 0 Å². The van der Waals surface area contributed by atoms with Crippen molar-refractivity contribution in [1.29, 1.82) is 0 Å². The van der Waals surface area contributed by atoms with E-state index in [1.54, 1.807) is 18.4 Å². The smallest absolute Gasteiger partial charge is 0.286 e. The number of halogens is 3. The first kappa shape index (κ1) is 22.4. The number of nitrogens with zero attached hydrogens (tertiary/aromatic N) is 1. The van der Waals surface area contributed by atoms with Gasteiger partial charge in [0.25, 0.3) is 5.56 Å². The van der Waals surface area contributed by atoms with Crippen LogP contribution in [0.25, 0.3) is 11.1 Å². The molecule has 5 nitrogen and oxygen atoms in total. The number of rotatable bonds is 5. The van der Waals surface area contributed by atoms with Crippen LogP contribution < -0.4 is 10.3 Å². The van der Waals surface area contributed by atoms with Crippen LogP contribution >= 0.6 is 0 Å². The second-order valence-corrected chi connectivity index (χ2v) is 7.65. The topological polar surface area (TPSA) is 79.8 Å². The zero-order valence-electron chi connectivity index (χ0n) is 15.5. The molecule has 0 aliphatic carbocycles. The van der Waals surface area contributed by atoms with Gasteiger partial charge in [-0.25, -0.2) is 13.2 Å². The highest BCUT2D eigenvalue weighted by atomic mass is 32.2. The Hall–Kier alpha value is -2.91. The van der Waals surface area contributed by atoms with Gasteiger partial charge in [-0.1, -0.05) is 6.07 Å². The van der Waals surface area contributed by atoms with Crippen molar-refractivity contribution in [2.45, 2.75) is 5.75 Å². The molecule has 0 aliphatic rings. The minimum Gasteiger partial charge on any atom is -0.454 e. The molecule has 0 amide bonds. The number of pyridine rings is 1. The van der Waals surface area contributed by atoms with Crippen LogP contribution in [0.3, 0.4) is 0 Å². The number of ether oxygens (including phenoxy) is 1. The molecule has 0 fully saturated rings. The highest BCUT2D eigenvalue weighted by Gasteiger charge is 2.15. The molecule has 1 aromatic heterocycles. The Bertz CT molecular complexity index is 1100. The van der Waals surface area contributed by atoms with Crippen molar-refractivity contribution in [3.63, 3.8) is 0 Å². The Morgan fingerprint density at radius 3 is 2.31 bits per heavy atom. The summed E-state index contributed by atoms with van der Waals surface area (Å²) in [5.41, 5.74) is 0.598. The van der Waals surface area contributed by atoms with E-state index in [0.29, 0.717) is 22.8 Å². The molecule has 154 valence electrons. The highest BCUT2D eigenvalue weighted by Crippen LogP contribution is 2.35. The van der Waals surface area contributed by atoms with Gasteiger partial charge in [0.15, 0.2) is 17.4 Å². The van der Waals surface area contributed by atoms with Gasteiger partial charge in [-0.3, -0.25) is 9.00 Å². The Kier molecular flexibility index (Phi) is 6.99. The van der Waals surface area contributed by atoms with E-state index in [9.17, 15) is 22.2 Å². The number of aryl methyl sites for hydroxylation is 1. The largest absolute Gasteiger partial charge is 0.454 e. The summed E-state index contributed by atoms with van der Waals surface area (Å²) in [5, 5.41) is 0. The third kappa shape index (κ3) is 5.12. The predicted molar refractivity (Wildman–Crippen MR) is 105 cm³/mol. The van der Waals surface area contributed by atoms with Crippen LogP contribution in [0, 0.1) is 17.5 Å². The lowest BCUT2D eigenvalue weighted by molar-refractivity contribution is 0.439. The Morgan fingerprint density at radius 2 is 1.69 bits per heavy atom. The first-order valence-electron chi connectivity index (χ1n) is 8.17. The monoisotopic (exact) mass is 425 g/mol. The van der Waals surface area contributed by atoms with Crippen molar-refractivity contribution in [2.75, 3.05) is 6.26 Å². The van der Waals surface area contributed by atoms with Gasteiger partial charge in [-0.2, -0.15) is 0 Å². The maximum Gasteiger partial charge on any atom is 0.286 e. The number of aromatic nitrogens is 1. The van der Waals surface area contributed by atoms with Crippen molar-refractivity contribution >= 4 is 10.8 Å². The Balaban J connectivity index is 0.00000300. The van der Waals surface area contributed by atoms with Crippen molar-refractivity contribution in [3.8, 4) is 22.6 Å². The quantitative estimate of drug-likeness (QED) is 0.629. The zero-order valence-corrected chi connectivity index (χ0v) is 16.4. The molecule has 0 bridgehead atoms. The van der Waals surface area contributed by atoms with Gasteiger partial charge in [0.1, 0.15) is 11.6 Å². The van der Waals surface area contributed by atoms with Gasteiger partial charge in [-0.05, 0) is 35.9 Å². The summed E-state index contributed by atoms with van der Waals surface area (Å²) in [6.07, 6.45) is 2.96. The van der Waals surface area contributed by atoms with E-state index in [-0.39, 0.29) is 22.7 Å². The molecule has 3 aromatic rings. The Labute approximate surface area is 167 Å². The van der Waals surface area contributed by atoms with Gasteiger partial charge >= 0.3 is 0 Å². The maximum absolute atomic E-state index is 14.0. The fraction of sp³-hybridized carbons (Fsp3) is 0.150. The molecule has 0 radical (unpaired) electrons. The normalized spacial score (nSPS) is 11.6. The summed E-state index contributed by atoms with van der Waals surface area (Å²) in [6.45, 7) is 0. The molecule has 0 saturated heterocycles. The summed E-state index contributed by atoms with van der Waals surface area (Å²) in [4.78, 5) is 11.6. The van der Waals surface area contributed by atoms with Crippen molar-refractivity contribution in [3.05, 3.63) is 82.0 Å². The lowest BCUT2D eigenvalue weighted by Gasteiger charge is -2.14. The summed E-state index contributed by atoms with van der Waals surface area (Å²) in [7, 11) is 0.287. The molecular formula is C20H18F3NO4S. The van der Waals surface area contributed by atoms with Gasteiger partial charge in [-0.15, -0.1) is 0 Å². The number of hydrogen-bond acceptors (Lipinski definition) is 3. The summed E-state index contributed by atoms with van der Waals surface area (Å²) < 4.78 is 59.3. The highest BCUT2D eigenvalue weighted by molar-refractivity contribution is 7.83. The first-order chi connectivity index (χ1) is 13.2. The van der Waals surface area contributed by atoms with Crippen molar-refractivity contribution in [2.24, 2.45) is 7.05 Å². The van der Waals surface area contributed by atoms with E-state index < -0.39 is 33.8 Å². The minimum atomic E-state index is -1.12. The molecule has 29 heavy (non-hydrogen) atoms. The van der Waals surface area contributed by atoms with E-state index in [2.05, 4.69) is 0 Å². The molecule has 9 heteroatoms. The van der Waals surface area contributed by atoms with E-state index in [1.807, 2.05) is 0 Å². The average molecular weight is 425 g/mol. The first-order valence-corrected chi connectivity index (χ1v) is 9.89. The van der Waals surface area contributed by atoms with Crippen LogP contribution in [0.5, 0.6) is 11.5 Å². The van der Waals surface area contributed by atoms with E-state index in [0.717, 1.165) is 22.8 Å². The summed E-state index contributed by atoms with van der Waals surface area (Å²) >= 11 is 0. The van der Waals surface area contributed by atoms with Crippen LogP contribution in [0.1, 0.15) is 5.56 Å². The van der Waals surface area contributed by atoms with Gasteiger partial charge in [0.05, 0.1) is 0 Å². The second kappa shape index (κ2) is 9.06. The molecule has 0 spiro atoms. The molecule has 1 heterocycles. The van der Waals surface area contributed by atoms with E-state index in [4.69, 9.17) is 4.74 Å². The van der Waals surface area contributed by atoms with Crippen molar-refractivity contribution in [1.82, 2.24) is 4.57 Å². The second-order valence-electron chi connectivity index (χ2n) is 6.22. The lowest BCUT2D eigenvalue weighted by atomic mass is 10.0. The molecule has 2 N–H and O–H groups in total. The third-order valence-corrected chi connectivity index (χ3v) is 4.72.